The van der Waals surface area contributed by atoms with E-state index in [0.717, 1.165) is 17.3 Å². The number of nitro benzene ring substituents is 1. The van der Waals surface area contributed by atoms with E-state index < -0.39 is 10.9 Å². The quantitative estimate of drug-likeness (QED) is 0.212. The third-order valence-electron chi connectivity index (χ3n) is 4.41. The average Bonchev–Trinajstić information content (AvgIpc) is 3.14. The highest BCUT2D eigenvalue weighted by Crippen LogP contribution is 2.26. The maximum Gasteiger partial charge on any atom is 0.330 e. The number of oxazole rings is 1. The highest BCUT2D eigenvalue weighted by Gasteiger charge is 2.15. The van der Waals surface area contributed by atoms with E-state index in [1.54, 1.807) is 13.0 Å². The van der Waals surface area contributed by atoms with Crippen LogP contribution in [-0.2, 0) is 16.0 Å². The van der Waals surface area contributed by atoms with Crippen LogP contribution in [-0.4, -0.2) is 29.1 Å². The van der Waals surface area contributed by atoms with Gasteiger partial charge in [0.05, 0.1) is 35.5 Å². The predicted octanol–water partition coefficient (Wildman–Crippen LogP) is 4.76. The first kappa shape index (κ1) is 21.8. The second-order valence-corrected chi connectivity index (χ2v) is 6.55. The van der Waals surface area contributed by atoms with Crippen molar-refractivity contribution in [1.82, 2.24) is 4.98 Å². The van der Waals surface area contributed by atoms with Gasteiger partial charge in [0.15, 0.2) is 0 Å². The molecule has 0 fully saturated rings. The number of hydrogen-bond donors (Lipinski definition) is 0. The summed E-state index contributed by atoms with van der Waals surface area (Å²) >= 11 is 0. The van der Waals surface area contributed by atoms with E-state index in [4.69, 9.17) is 13.9 Å². The van der Waals surface area contributed by atoms with Crippen molar-refractivity contribution in [3.8, 4) is 17.2 Å². The maximum absolute atomic E-state index is 11.4. The fraction of sp³-hybridized carbons (Fsp3) is 0.217. The summed E-state index contributed by atoms with van der Waals surface area (Å²) in [6, 6.07) is 14.1. The van der Waals surface area contributed by atoms with E-state index in [-0.39, 0.29) is 24.5 Å². The number of aryl methyl sites for hydroxylation is 1. The van der Waals surface area contributed by atoms with Gasteiger partial charge in [-0.2, -0.15) is 0 Å². The molecule has 2 aromatic carbocycles. The number of benzene rings is 2. The second-order valence-electron chi connectivity index (χ2n) is 6.55. The molecule has 3 aromatic rings. The lowest BCUT2D eigenvalue weighted by Gasteiger charge is -2.06. The normalized spacial score (nSPS) is 10.9. The molecule has 0 atom stereocenters. The number of hydrogen-bond acceptors (Lipinski definition) is 7. The highest BCUT2D eigenvalue weighted by molar-refractivity contribution is 5.88. The summed E-state index contributed by atoms with van der Waals surface area (Å²) in [5.74, 6) is 1.04. The van der Waals surface area contributed by atoms with Crippen molar-refractivity contribution in [1.29, 1.82) is 0 Å². The van der Waals surface area contributed by atoms with Crippen LogP contribution in [0.4, 0.5) is 5.69 Å². The third kappa shape index (κ3) is 5.79. The molecule has 8 nitrogen and oxygen atoms in total. The van der Waals surface area contributed by atoms with Crippen LogP contribution in [0.2, 0.25) is 0 Å². The lowest BCUT2D eigenvalue weighted by Crippen LogP contribution is -2.03. The Morgan fingerprint density at radius 3 is 2.71 bits per heavy atom. The molecule has 0 saturated carbocycles. The molecule has 31 heavy (non-hydrogen) atoms. The molecule has 0 bridgehead atoms. The van der Waals surface area contributed by atoms with Crippen LogP contribution in [0.25, 0.3) is 17.5 Å². The zero-order valence-electron chi connectivity index (χ0n) is 17.2. The van der Waals surface area contributed by atoms with E-state index in [2.05, 4.69) is 4.98 Å². The molecular weight excluding hydrogens is 400 g/mol. The summed E-state index contributed by atoms with van der Waals surface area (Å²) in [7, 11) is 0. The molecule has 0 spiro atoms. The zero-order valence-corrected chi connectivity index (χ0v) is 17.2. The standard InChI is InChI=1S/C23H22N2O6/c1-3-29-22(26)12-10-17-9-11-19(15-21(17)25(27)28)30-14-13-20-16(2)31-23(24-20)18-7-5-4-6-8-18/h4-12,15H,3,13-14H2,1-2H3/b12-10+. The third-order valence-corrected chi connectivity index (χ3v) is 4.41. The lowest BCUT2D eigenvalue weighted by molar-refractivity contribution is -0.385. The topological polar surface area (TPSA) is 105 Å². The summed E-state index contributed by atoms with van der Waals surface area (Å²) in [6.07, 6.45) is 2.99. The molecule has 1 aromatic heterocycles. The van der Waals surface area contributed by atoms with Gasteiger partial charge in [0.1, 0.15) is 11.5 Å². The summed E-state index contributed by atoms with van der Waals surface area (Å²) < 4.78 is 16.2. The van der Waals surface area contributed by atoms with Gasteiger partial charge in [-0.05, 0) is 44.2 Å². The number of nitrogens with zero attached hydrogens (tertiary/aromatic N) is 2. The van der Waals surface area contributed by atoms with Crippen molar-refractivity contribution in [2.45, 2.75) is 20.3 Å². The largest absolute Gasteiger partial charge is 0.493 e. The Kier molecular flexibility index (Phi) is 7.16. The molecule has 0 unspecified atom stereocenters. The van der Waals surface area contributed by atoms with Gasteiger partial charge in [-0.1, -0.05) is 18.2 Å². The molecule has 1 heterocycles. The fourth-order valence-electron chi connectivity index (χ4n) is 2.89. The van der Waals surface area contributed by atoms with E-state index in [9.17, 15) is 14.9 Å². The molecule has 0 aliphatic carbocycles. The van der Waals surface area contributed by atoms with Crippen LogP contribution in [0.3, 0.4) is 0 Å². The number of aromatic nitrogens is 1. The van der Waals surface area contributed by atoms with E-state index >= 15 is 0 Å². The minimum absolute atomic E-state index is 0.165. The second kappa shape index (κ2) is 10.2. The van der Waals surface area contributed by atoms with Crippen molar-refractivity contribution in [3.63, 3.8) is 0 Å². The minimum atomic E-state index is -0.560. The smallest absolute Gasteiger partial charge is 0.330 e. The lowest BCUT2D eigenvalue weighted by atomic mass is 10.1. The van der Waals surface area contributed by atoms with Gasteiger partial charge in [-0.15, -0.1) is 0 Å². The Hall–Kier alpha value is -3.94. The Morgan fingerprint density at radius 2 is 2.00 bits per heavy atom. The number of carbonyl (C=O) groups excluding carboxylic acids is 1. The molecule has 160 valence electrons. The number of nitro groups is 1. The molecule has 0 aliphatic heterocycles. The van der Waals surface area contributed by atoms with Gasteiger partial charge in [-0.3, -0.25) is 10.1 Å². The van der Waals surface area contributed by atoms with Crippen LogP contribution in [0, 0.1) is 17.0 Å². The Balaban J connectivity index is 1.66. The number of esters is 1. The Labute approximate surface area is 179 Å². The Bertz CT molecular complexity index is 1090. The van der Waals surface area contributed by atoms with Crippen LogP contribution < -0.4 is 4.74 Å². The summed E-state index contributed by atoms with van der Waals surface area (Å²) in [5.41, 5.74) is 1.77. The first-order chi connectivity index (χ1) is 15.0. The average molecular weight is 422 g/mol. The summed E-state index contributed by atoms with van der Waals surface area (Å²) in [5, 5.41) is 11.4. The van der Waals surface area contributed by atoms with Crippen molar-refractivity contribution < 1.29 is 23.6 Å². The monoisotopic (exact) mass is 422 g/mol. The molecule has 0 N–H and O–H groups in total. The number of ether oxygens (including phenoxy) is 2. The molecule has 3 rings (SSSR count). The molecular formula is C23H22N2O6. The van der Waals surface area contributed by atoms with E-state index in [1.807, 2.05) is 37.3 Å². The Morgan fingerprint density at radius 1 is 1.23 bits per heavy atom. The van der Waals surface area contributed by atoms with E-state index in [0.29, 0.717) is 23.8 Å². The van der Waals surface area contributed by atoms with Crippen LogP contribution in [0.5, 0.6) is 5.75 Å². The SMILES string of the molecule is CCOC(=O)/C=C/c1ccc(OCCc2nc(-c3ccccc3)oc2C)cc1[N+](=O)[O-]. The van der Waals surface area contributed by atoms with Crippen molar-refractivity contribution >= 4 is 17.7 Å². The van der Waals surface area contributed by atoms with Crippen molar-refractivity contribution in [3.05, 3.63) is 81.7 Å². The molecule has 8 heteroatoms. The van der Waals surface area contributed by atoms with Crippen LogP contribution in [0.1, 0.15) is 23.9 Å². The molecule has 0 saturated heterocycles. The van der Waals surface area contributed by atoms with Gasteiger partial charge in [0.25, 0.3) is 5.69 Å². The van der Waals surface area contributed by atoms with Crippen LogP contribution >= 0.6 is 0 Å². The van der Waals surface area contributed by atoms with Crippen molar-refractivity contribution in [2.75, 3.05) is 13.2 Å². The van der Waals surface area contributed by atoms with Gasteiger partial charge >= 0.3 is 5.97 Å². The first-order valence-electron chi connectivity index (χ1n) is 9.75. The minimum Gasteiger partial charge on any atom is -0.493 e. The number of carbonyl (C=O) groups is 1. The van der Waals surface area contributed by atoms with Gasteiger partial charge in [0.2, 0.25) is 5.89 Å². The molecule has 0 radical (unpaired) electrons. The van der Waals surface area contributed by atoms with Gasteiger partial charge in [0, 0.05) is 18.1 Å². The zero-order chi connectivity index (χ0) is 22.2. The maximum atomic E-state index is 11.4. The van der Waals surface area contributed by atoms with Crippen molar-refractivity contribution in [2.24, 2.45) is 0 Å². The predicted molar refractivity (Wildman–Crippen MR) is 115 cm³/mol. The van der Waals surface area contributed by atoms with Crippen LogP contribution in [0.15, 0.2) is 59.0 Å². The highest BCUT2D eigenvalue weighted by atomic mass is 16.6. The van der Waals surface area contributed by atoms with Gasteiger partial charge < -0.3 is 13.9 Å². The fourth-order valence-corrected chi connectivity index (χ4v) is 2.89. The first-order valence-corrected chi connectivity index (χ1v) is 9.75. The summed E-state index contributed by atoms with van der Waals surface area (Å²) in [4.78, 5) is 26.8. The molecule has 0 amide bonds. The molecule has 0 aliphatic rings. The number of rotatable bonds is 9. The van der Waals surface area contributed by atoms with Gasteiger partial charge in [-0.25, -0.2) is 9.78 Å². The van der Waals surface area contributed by atoms with E-state index in [1.165, 1.54) is 18.2 Å². The summed E-state index contributed by atoms with van der Waals surface area (Å²) in [6.45, 7) is 4.03.